The molecule has 0 aliphatic rings. The van der Waals surface area contributed by atoms with E-state index in [1.54, 1.807) is 7.11 Å². The van der Waals surface area contributed by atoms with Crippen LogP contribution in [0.2, 0.25) is 5.02 Å². The summed E-state index contributed by atoms with van der Waals surface area (Å²) in [6.07, 6.45) is 4.34. The Morgan fingerprint density at radius 2 is 2.05 bits per heavy atom. The van der Waals surface area contributed by atoms with Crippen molar-refractivity contribution >= 4 is 22.5 Å². The van der Waals surface area contributed by atoms with Crippen LogP contribution in [0.15, 0.2) is 30.5 Å². The highest BCUT2D eigenvalue weighted by Crippen LogP contribution is 2.25. The number of halogens is 1. The van der Waals surface area contributed by atoms with E-state index in [2.05, 4.69) is 28.1 Å². The van der Waals surface area contributed by atoms with Crippen LogP contribution in [-0.4, -0.2) is 31.4 Å². The van der Waals surface area contributed by atoms with Gasteiger partial charge >= 0.3 is 0 Å². The molecule has 0 saturated carbocycles. The first-order valence-electron chi connectivity index (χ1n) is 6.76. The van der Waals surface area contributed by atoms with Crippen molar-refractivity contribution < 1.29 is 4.74 Å². The molecule has 0 bridgehead atoms. The number of methoxy groups -OCH3 is 1. The van der Waals surface area contributed by atoms with Crippen LogP contribution in [-0.2, 0) is 11.3 Å². The second-order valence-corrected chi connectivity index (χ2v) is 5.04. The van der Waals surface area contributed by atoms with Crippen molar-refractivity contribution in [3.05, 3.63) is 35.5 Å². The number of nitrogens with zero attached hydrogens (tertiary/aromatic N) is 1. The van der Waals surface area contributed by atoms with Gasteiger partial charge in [0.2, 0.25) is 0 Å². The summed E-state index contributed by atoms with van der Waals surface area (Å²) >= 11 is 6.23. The predicted molar refractivity (Wildman–Crippen MR) is 80.9 cm³/mol. The second kappa shape index (κ2) is 7.53. The van der Waals surface area contributed by atoms with Crippen molar-refractivity contribution in [2.45, 2.75) is 19.4 Å². The smallest absolute Gasteiger partial charge is 0.0661 e. The van der Waals surface area contributed by atoms with Crippen LogP contribution in [0.3, 0.4) is 0 Å². The van der Waals surface area contributed by atoms with E-state index in [0.717, 1.165) is 49.5 Å². The molecular weight excluding hydrogens is 260 g/mol. The quantitative estimate of drug-likeness (QED) is 0.751. The maximum absolute atomic E-state index is 6.23. The van der Waals surface area contributed by atoms with Gasteiger partial charge in [0.05, 0.1) is 11.6 Å². The minimum Gasteiger partial charge on any atom is -0.383 e. The summed E-state index contributed by atoms with van der Waals surface area (Å²) in [5.74, 6) is 0. The highest BCUT2D eigenvalue weighted by molar-refractivity contribution is 6.35. The molecular formula is C15H21ClN2O. The summed E-state index contributed by atoms with van der Waals surface area (Å²) in [7, 11) is 1.72. The van der Waals surface area contributed by atoms with Gasteiger partial charge in [-0.05, 0) is 25.5 Å². The van der Waals surface area contributed by atoms with E-state index >= 15 is 0 Å². The number of hydrogen-bond donors (Lipinski definition) is 1. The highest BCUT2D eigenvalue weighted by atomic mass is 35.5. The minimum atomic E-state index is 0.776. The molecule has 0 spiro atoms. The van der Waals surface area contributed by atoms with Crippen LogP contribution in [0.4, 0.5) is 0 Å². The zero-order chi connectivity index (χ0) is 13.5. The van der Waals surface area contributed by atoms with E-state index in [1.807, 2.05) is 12.3 Å². The van der Waals surface area contributed by atoms with Gasteiger partial charge in [0.1, 0.15) is 0 Å². The number of benzene rings is 1. The van der Waals surface area contributed by atoms with Crippen molar-refractivity contribution in [1.82, 2.24) is 9.88 Å². The number of para-hydroxylation sites is 1. The summed E-state index contributed by atoms with van der Waals surface area (Å²) in [6.45, 7) is 3.75. The molecule has 0 aliphatic heterocycles. The Morgan fingerprint density at radius 1 is 1.21 bits per heavy atom. The zero-order valence-corrected chi connectivity index (χ0v) is 12.1. The van der Waals surface area contributed by atoms with Crippen molar-refractivity contribution in [3.63, 3.8) is 0 Å². The number of rotatable bonds is 8. The van der Waals surface area contributed by atoms with Crippen LogP contribution in [0.1, 0.15) is 12.8 Å². The largest absolute Gasteiger partial charge is 0.383 e. The maximum atomic E-state index is 6.23. The molecule has 1 aromatic carbocycles. The number of ether oxygens (including phenoxy) is 1. The number of fused-ring (bicyclic) bond motifs is 1. The third-order valence-corrected chi connectivity index (χ3v) is 3.53. The summed E-state index contributed by atoms with van der Waals surface area (Å²) in [5, 5.41) is 5.34. The van der Waals surface area contributed by atoms with Gasteiger partial charge < -0.3 is 14.6 Å². The van der Waals surface area contributed by atoms with Crippen LogP contribution in [0.5, 0.6) is 0 Å². The molecule has 3 nitrogen and oxygen atoms in total. The monoisotopic (exact) mass is 280 g/mol. The molecule has 1 heterocycles. The molecule has 19 heavy (non-hydrogen) atoms. The standard InChI is InChI=1S/C15H21ClN2O/c1-19-11-9-17-8-4-5-10-18-12-14(16)13-6-2-3-7-15(13)18/h2-3,6-7,12,17H,4-5,8-11H2,1H3. The Bertz CT molecular complexity index is 510. The van der Waals surface area contributed by atoms with Crippen LogP contribution in [0, 0.1) is 0 Å². The van der Waals surface area contributed by atoms with E-state index in [4.69, 9.17) is 16.3 Å². The Labute approximate surface area is 119 Å². The predicted octanol–water partition coefficient (Wildman–Crippen LogP) is 3.31. The van der Waals surface area contributed by atoms with Gasteiger partial charge in [0.25, 0.3) is 0 Å². The van der Waals surface area contributed by atoms with Gasteiger partial charge in [-0.1, -0.05) is 29.8 Å². The van der Waals surface area contributed by atoms with Crippen molar-refractivity contribution in [2.75, 3.05) is 26.8 Å². The van der Waals surface area contributed by atoms with E-state index in [1.165, 1.54) is 5.52 Å². The van der Waals surface area contributed by atoms with Crippen LogP contribution >= 0.6 is 11.6 Å². The average Bonchev–Trinajstić information content (AvgIpc) is 2.75. The first-order valence-corrected chi connectivity index (χ1v) is 7.14. The lowest BCUT2D eigenvalue weighted by atomic mass is 10.2. The van der Waals surface area contributed by atoms with Gasteiger partial charge in [-0.25, -0.2) is 0 Å². The van der Waals surface area contributed by atoms with Crippen LogP contribution < -0.4 is 5.32 Å². The van der Waals surface area contributed by atoms with Crippen molar-refractivity contribution in [3.8, 4) is 0 Å². The van der Waals surface area contributed by atoms with Crippen molar-refractivity contribution in [1.29, 1.82) is 0 Å². The van der Waals surface area contributed by atoms with Gasteiger partial charge in [-0.2, -0.15) is 0 Å². The lowest BCUT2D eigenvalue weighted by Gasteiger charge is -2.06. The lowest BCUT2D eigenvalue weighted by molar-refractivity contribution is 0.199. The first-order chi connectivity index (χ1) is 9.33. The summed E-state index contributed by atoms with van der Waals surface area (Å²) < 4.78 is 7.23. The van der Waals surface area contributed by atoms with E-state index < -0.39 is 0 Å². The first kappa shape index (κ1) is 14.4. The van der Waals surface area contributed by atoms with E-state index in [-0.39, 0.29) is 0 Å². The molecule has 2 aromatic rings. The molecule has 0 unspecified atom stereocenters. The molecule has 1 N–H and O–H groups in total. The number of hydrogen-bond acceptors (Lipinski definition) is 2. The Kier molecular flexibility index (Phi) is 5.70. The third-order valence-electron chi connectivity index (χ3n) is 3.23. The molecule has 0 amide bonds. The molecule has 0 atom stereocenters. The Balaban J connectivity index is 1.79. The average molecular weight is 281 g/mol. The Morgan fingerprint density at radius 3 is 2.89 bits per heavy atom. The van der Waals surface area contributed by atoms with Gasteiger partial charge in [0.15, 0.2) is 0 Å². The number of unbranched alkanes of at least 4 members (excludes halogenated alkanes) is 1. The van der Waals surface area contributed by atoms with Gasteiger partial charge in [-0.3, -0.25) is 0 Å². The fraction of sp³-hybridized carbons (Fsp3) is 0.467. The van der Waals surface area contributed by atoms with E-state index in [0.29, 0.717) is 0 Å². The normalized spacial score (nSPS) is 11.3. The zero-order valence-electron chi connectivity index (χ0n) is 11.4. The third kappa shape index (κ3) is 3.96. The molecule has 0 fully saturated rings. The number of aryl methyl sites for hydroxylation is 1. The highest BCUT2D eigenvalue weighted by Gasteiger charge is 2.05. The summed E-state index contributed by atoms with van der Waals surface area (Å²) in [5.41, 5.74) is 1.22. The van der Waals surface area contributed by atoms with Gasteiger partial charge in [0, 0.05) is 37.3 Å². The SMILES string of the molecule is COCCNCCCCn1cc(Cl)c2ccccc21. The molecule has 1 aromatic heterocycles. The lowest BCUT2D eigenvalue weighted by Crippen LogP contribution is -2.20. The topological polar surface area (TPSA) is 26.2 Å². The minimum absolute atomic E-state index is 0.776. The van der Waals surface area contributed by atoms with Crippen molar-refractivity contribution in [2.24, 2.45) is 0 Å². The molecule has 104 valence electrons. The molecule has 2 rings (SSSR count). The summed E-state index contributed by atoms with van der Waals surface area (Å²) in [4.78, 5) is 0. The van der Waals surface area contributed by atoms with E-state index in [9.17, 15) is 0 Å². The van der Waals surface area contributed by atoms with Crippen LogP contribution in [0.25, 0.3) is 10.9 Å². The fourth-order valence-corrected chi connectivity index (χ4v) is 2.50. The molecule has 0 radical (unpaired) electrons. The Hall–Kier alpha value is -1.03. The number of aromatic nitrogens is 1. The number of nitrogens with one attached hydrogen (secondary N) is 1. The van der Waals surface area contributed by atoms with Gasteiger partial charge in [-0.15, -0.1) is 0 Å². The second-order valence-electron chi connectivity index (χ2n) is 4.64. The molecule has 4 heteroatoms. The summed E-state index contributed by atoms with van der Waals surface area (Å²) in [6, 6.07) is 8.28. The fourth-order valence-electron chi connectivity index (χ4n) is 2.22. The molecule has 0 saturated heterocycles. The maximum Gasteiger partial charge on any atom is 0.0661 e. The molecule has 0 aliphatic carbocycles.